The van der Waals surface area contributed by atoms with Gasteiger partial charge in [-0.25, -0.2) is 9.97 Å². The molecule has 34 heavy (non-hydrogen) atoms. The Morgan fingerprint density at radius 1 is 1.00 bits per heavy atom. The van der Waals surface area contributed by atoms with Crippen molar-refractivity contribution in [2.24, 2.45) is 0 Å². The van der Waals surface area contributed by atoms with E-state index in [1.807, 2.05) is 17.0 Å². The molecular weight excluding hydrogens is 487 g/mol. The molecule has 1 aliphatic rings. The van der Waals surface area contributed by atoms with Crippen LogP contribution in [-0.4, -0.2) is 65.9 Å². The lowest BCUT2D eigenvalue weighted by molar-refractivity contribution is -0.0328. The van der Waals surface area contributed by atoms with Gasteiger partial charge in [0.1, 0.15) is 12.1 Å². The molecule has 0 bridgehead atoms. The van der Waals surface area contributed by atoms with Crippen molar-refractivity contribution in [2.45, 2.75) is 10.4 Å². The Bertz CT molecular complexity index is 1170. The molecule has 0 amide bonds. The molecule has 0 radical (unpaired) electrons. The van der Waals surface area contributed by atoms with Gasteiger partial charge < -0.3 is 24.6 Å². The van der Waals surface area contributed by atoms with Gasteiger partial charge in [0.05, 0.1) is 19.7 Å². The summed E-state index contributed by atoms with van der Waals surface area (Å²) in [6, 6.07) is 9.72. The summed E-state index contributed by atoms with van der Waals surface area (Å²) in [5, 5.41) is 4.50. The second-order valence-electron chi connectivity index (χ2n) is 7.40. The van der Waals surface area contributed by atoms with Crippen LogP contribution in [0.1, 0.15) is 0 Å². The number of hydrogen-bond acceptors (Lipinski definition) is 7. The van der Waals surface area contributed by atoms with Crippen LogP contribution in [0.2, 0.25) is 0 Å². The molecule has 0 atom stereocenters. The van der Waals surface area contributed by atoms with E-state index in [-0.39, 0.29) is 16.7 Å². The van der Waals surface area contributed by atoms with Gasteiger partial charge in [0.2, 0.25) is 0 Å². The van der Waals surface area contributed by atoms with Crippen molar-refractivity contribution in [3.8, 4) is 11.5 Å². The lowest BCUT2D eigenvalue weighted by atomic mass is 10.2. The largest absolute Gasteiger partial charge is 0.493 e. The second kappa shape index (κ2) is 10.1. The zero-order chi connectivity index (χ0) is 24.3. The molecule has 0 aliphatic carbocycles. The van der Waals surface area contributed by atoms with E-state index in [1.54, 1.807) is 26.4 Å². The van der Waals surface area contributed by atoms with Crippen LogP contribution < -0.4 is 19.7 Å². The van der Waals surface area contributed by atoms with Crippen molar-refractivity contribution in [2.75, 3.05) is 50.6 Å². The highest BCUT2D eigenvalue weighted by Crippen LogP contribution is 2.37. The van der Waals surface area contributed by atoms with E-state index in [9.17, 15) is 13.2 Å². The molecule has 3 aromatic rings. The number of nitrogens with zero attached hydrogens (tertiary/aromatic N) is 4. The first-order chi connectivity index (χ1) is 16.3. The molecule has 1 aromatic heterocycles. The maximum absolute atomic E-state index is 12.5. The average Bonchev–Trinajstić information content (AvgIpc) is 2.83. The summed E-state index contributed by atoms with van der Waals surface area (Å²) in [4.78, 5) is 13.2. The smallest absolute Gasteiger partial charge is 0.446 e. The molecule has 1 aliphatic heterocycles. The Morgan fingerprint density at radius 2 is 1.65 bits per heavy atom. The quantitative estimate of drug-likeness (QED) is 0.387. The van der Waals surface area contributed by atoms with Crippen molar-refractivity contribution < 1.29 is 22.6 Å². The number of thiocarbonyl (C=S) groups is 1. The number of aromatic nitrogens is 2. The fourth-order valence-corrected chi connectivity index (χ4v) is 4.53. The van der Waals surface area contributed by atoms with Gasteiger partial charge >= 0.3 is 5.51 Å². The second-order valence-corrected chi connectivity index (χ2v) is 8.92. The van der Waals surface area contributed by atoms with Crippen LogP contribution in [0.5, 0.6) is 11.5 Å². The Morgan fingerprint density at radius 3 is 2.26 bits per heavy atom. The first-order valence-electron chi connectivity index (χ1n) is 10.3. The molecule has 1 saturated heterocycles. The summed E-state index contributed by atoms with van der Waals surface area (Å²) >= 11 is 5.38. The predicted octanol–water partition coefficient (Wildman–Crippen LogP) is 4.78. The van der Waals surface area contributed by atoms with Gasteiger partial charge in [0.15, 0.2) is 16.6 Å². The summed E-state index contributed by atoms with van der Waals surface area (Å²) in [7, 11) is 3.17. The minimum absolute atomic E-state index is 0.129. The van der Waals surface area contributed by atoms with E-state index in [1.165, 1.54) is 18.5 Å². The normalized spacial score (nSPS) is 14.3. The van der Waals surface area contributed by atoms with E-state index in [2.05, 4.69) is 20.2 Å². The number of halogens is 3. The van der Waals surface area contributed by atoms with Crippen molar-refractivity contribution in [1.82, 2.24) is 14.9 Å². The third-order valence-electron chi connectivity index (χ3n) is 5.33. The van der Waals surface area contributed by atoms with E-state index in [4.69, 9.17) is 21.7 Å². The number of anilines is 2. The minimum Gasteiger partial charge on any atom is -0.493 e. The highest BCUT2D eigenvalue weighted by Gasteiger charge is 2.29. The fourth-order valence-electron chi connectivity index (χ4n) is 3.69. The summed E-state index contributed by atoms with van der Waals surface area (Å²) in [6.07, 6.45) is 1.53. The summed E-state index contributed by atoms with van der Waals surface area (Å²) < 4.78 is 48.3. The lowest BCUT2D eigenvalue weighted by Gasteiger charge is -2.37. The van der Waals surface area contributed by atoms with E-state index in [0.717, 1.165) is 16.7 Å². The maximum Gasteiger partial charge on any atom is 0.446 e. The standard InChI is InChI=1S/C22H22F3N5O2S2/c1-31-18-11-16-17(12-19(18)32-2)26-13-27-20(16)29-7-9-30(10-8-29)21(33)28-14-3-5-15(6-4-14)34-22(23,24)25/h3-6,11-13H,7-10H2,1-2H3,(H,28,33). The number of piperazine rings is 1. The Hall–Kier alpha value is -2.99. The van der Waals surface area contributed by atoms with Crippen molar-refractivity contribution in [3.63, 3.8) is 0 Å². The zero-order valence-corrected chi connectivity index (χ0v) is 20.1. The summed E-state index contributed by atoms with van der Waals surface area (Å²) in [6.45, 7) is 2.69. The molecule has 7 nitrogen and oxygen atoms in total. The first kappa shape index (κ1) is 24.1. The van der Waals surface area contributed by atoms with E-state index < -0.39 is 5.51 Å². The van der Waals surface area contributed by atoms with Crippen LogP contribution in [-0.2, 0) is 0 Å². The number of alkyl halides is 3. The van der Waals surface area contributed by atoms with E-state index in [0.29, 0.717) is 48.5 Å². The average molecular weight is 510 g/mol. The van der Waals surface area contributed by atoms with Gasteiger partial charge in [-0.05, 0) is 54.3 Å². The topological polar surface area (TPSA) is 62.8 Å². The molecule has 2 aromatic carbocycles. The number of hydrogen-bond donors (Lipinski definition) is 1. The Labute approximate surface area is 204 Å². The van der Waals surface area contributed by atoms with Crippen LogP contribution in [0.25, 0.3) is 10.9 Å². The molecule has 180 valence electrons. The van der Waals surface area contributed by atoms with Crippen molar-refractivity contribution in [3.05, 3.63) is 42.7 Å². The van der Waals surface area contributed by atoms with Crippen molar-refractivity contribution in [1.29, 1.82) is 0 Å². The van der Waals surface area contributed by atoms with Crippen LogP contribution >= 0.6 is 24.0 Å². The fraction of sp³-hybridized carbons (Fsp3) is 0.318. The lowest BCUT2D eigenvalue weighted by Crippen LogP contribution is -2.50. The number of thioether (sulfide) groups is 1. The van der Waals surface area contributed by atoms with E-state index >= 15 is 0 Å². The molecular formula is C22H22F3N5O2S2. The van der Waals surface area contributed by atoms with Gasteiger partial charge in [-0.15, -0.1) is 0 Å². The summed E-state index contributed by atoms with van der Waals surface area (Å²) in [5.74, 6) is 2.02. The van der Waals surface area contributed by atoms with Gasteiger partial charge in [0.25, 0.3) is 0 Å². The van der Waals surface area contributed by atoms with Gasteiger partial charge in [-0.2, -0.15) is 13.2 Å². The molecule has 1 fully saturated rings. The van der Waals surface area contributed by atoms with Crippen LogP contribution in [0.4, 0.5) is 24.7 Å². The molecule has 2 heterocycles. The Balaban J connectivity index is 1.40. The van der Waals surface area contributed by atoms with Gasteiger partial charge in [-0.3, -0.25) is 0 Å². The third-order valence-corrected chi connectivity index (χ3v) is 6.42. The predicted molar refractivity (Wildman–Crippen MR) is 131 cm³/mol. The SMILES string of the molecule is COc1cc2ncnc(N3CCN(C(=S)Nc4ccc(SC(F)(F)F)cc4)CC3)c2cc1OC. The highest BCUT2D eigenvalue weighted by molar-refractivity contribution is 8.00. The molecule has 4 rings (SSSR count). The number of ether oxygens (including phenoxy) is 2. The third kappa shape index (κ3) is 5.55. The van der Waals surface area contributed by atoms with Crippen LogP contribution in [0.15, 0.2) is 47.6 Å². The molecule has 0 unspecified atom stereocenters. The monoisotopic (exact) mass is 509 g/mol. The molecule has 0 spiro atoms. The van der Waals surface area contributed by atoms with Gasteiger partial charge in [-0.1, -0.05) is 0 Å². The number of benzene rings is 2. The number of rotatable bonds is 5. The van der Waals surface area contributed by atoms with Crippen LogP contribution in [0.3, 0.4) is 0 Å². The van der Waals surface area contributed by atoms with Crippen LogP contribution in [0, 0.1) is 0 Å². The number of methoxy groups -OCH3 is 2. The molecule has 1 N–H and O–H groups in total. The van der Waals surface area contributed by atoms with Crippen molar-refractivity contribution >= 4 is 51.5 Å². The Kier molecular flexibility index (Phi) is 7.17. The molecule has 12 heteroatoms. The molecule has 0 saturated carbocycles. The highest BCUT2D eigenvalue weighted by atomic mass is 32.2. The number of fused-ring (bicyclic) bond motifs is 1. The zero-order valence-electron chi connectivity index (χ0n) is 18.4. The summed E-state index contributed by atoms with van der Waals surface area (Å²) in [5.41, 5.74) is -2.91. The first-order valence-corrected chi connectivity index (χ1v) is 11.5. The van der Waals surface area contributed by atoms with Gasteiger partial charge in [0, 0.05) is 48.2 Å². The minimum atomic E-state index is -4.31. The number of nitrogens with one attached hydrogen (secondary N) is 1. The maximum atomic E-state index is 12.5.